The van der Waals surface area contributed by atoms with E-state index < -0.39 is 12.2 Å². The summed E-state index contributed by atoms with van der Waals surface area (Å²) in [5, 5.41) is 3.94. The molecule has 16 heavy (non-hydrogen) atoms. The number of rotatable bonds is 3. The van der Waals surface area contributed by atoms with Gasteiger partial charge in [-0.15, -0.1) is 0 Å². The third-order valence-electron chi connectivity index (χ3n) is 2.80. The van der Waals surface area contributed by atoms with Crippen LogP contribution in [0.4, 0.5) is 4.39 Å². The number of carbonyl (C=O) groups is 1. The largest absolute Gasteiger partial charge is 0.338 e. The molecular formula is C11H15FN2OS. The standard InChI is InChI=1S/C11H15FN2OS/c12-9-1-3-14(6-9)11(15)10(13)5-8-2-4-16-7-8/h2,4,7,9-10H,1,3,5-6,13H2/t9-,10+/m0/s1. The van der Waals surface area contributed by atoms with Crippen molar-refractivity contribution < 1.29 is 9.18 Å². The van der Waals surface area contributed by atoms with E-state index in [0.717, 1.165) is 5.56 Å². The van der Waals surface area contributed by atoms with Crippen molar-refractivity contribution in [3.05, 3.63) is 22.4 Å². The van der Waals surface area contributed by atoms with E-state index in [4.69, 9.17) is 5.73 Å². The molecule has 2 heterocycles. The lowest BCUT2D eigenvalue weighted by Crippen LogP contribution is -2.44. The van der Waals surface area contributed by atoms with Crippen molar-refractivity contribution in [1.82, 2.24) is 4.90 Å². The first kappa shape index (κ1) is 11.5. The van der Waals surface area contributed by atoms with Crippen molar-refractivity contribution in [3.8, 4) is 0 Å². The van der Waals surface area contributed by atoms with Crippen LogP contribution >= 0.6 is 11.3 Å². The Balaban J connectivity index is 1.89. The van der Waals surface area contributed by atoms with Gasteiger partial charge in [-0.3, -0.25) is 4.79 Å². The summed E-state index contributed by atoms with van der Waals surface area (Å²) in [4.78, 5) is 13.4. The number of nitrogens with zero attached hydrogens (tertiary/aromatic N) is 1. The van der Waals surface area contributed by atoms with E-state index in [1.165, 1.54) is 4.90 Å². The zero-order chi connectivity index (χ0) is 11.5. The third-order valence-corrected chi connectivity index (χ3v) is 3.53. The molecule has 0 spiro atoms. The minimum Gasteiger partial charge on any atom is -0.338 e. The monoisotopic (exact) mass is 242 g/mol. The highest BCUT2D eigenvalue weighted by molar-refractivity contribution is 7.07. The fourth-order valence-electron chi connectivity index (χ4n) is 1.90. The van der Waals surface area contributed by atoms with Crippen molar-refractivity contribution in [2.75, 3.05) is 13.1 Å². The van der Waals surface area contributed by atoms with Gasteiger partial charge in [0.1, 0.15) is 6.17 Å². The predicted octanol–water partition coefficient (Wildman–Crippen LogP) is 1.19. The van der Waals surface area contributed by atoms with Crippen LogP contribution in [0.15, 0.2) is 16.8 Å². The van der Waals surface area contributed by atoms with Crippen LogP contribution in [0, 0.1) is 0 Å². The molecule has 0 aromatic carbocycles. The van der Waals surface area contributed by atoms with Gasteiger partial charge < -0.3 is 10.6 Å². The Morgan fingerprint density at radius 3 is 3.12 bits per heavy atom. The number of hydrogen-bond donors (Lipinski definition) is 1. The van der Waals surface area contributed by atoms with Gasteiger partial charge in [-0.05, 0) is 35.2 Å². The zero-order valence-corrected chi connectivity index (χ0v) is 9.75. The van der Waals surface area contributed by atoms with E-state index in [1.807, 2.05) is 16.8 Å². The molecule has 3 nitrogen and oxygen atoms in total. The molecule has 1 aliphatic rings. The first-order valence-corrected chi connectivity index (χ1v) is 6.30. The first-order valence-electron chi connectivity index (χ1n) is 5.36. The van der Waals surface area contributed by atoms with Gasteiger partial charge in [-0.25, -0.2) is 4.39 Å². The number of alkyl halides is 1. The van der Waals surface area contributed by atoms with E-state index in [1.54, 1.807) is 11.3 Å². The average molecular weight is 242 g/mol. The molecule has 2 atom stereocenters. The number of amides is 1. The van der Waals surface area contributed by atoms with E-state index >= 15 is 0 Å². The van der Waals surface area contributed by atoms with Crippen LogP contribution in [0.3, 0.4) is 0 Å². The van der Waals surface area contributed by atoms with Crippen LogP contribution in [-0.4, -0.2) is 36.1 Å². The maximum atomic E-state index is 12.9. The quantitative estimate of drug-likeness (QED) is 0.865. The maximum Gasteiger partial charge on any atom is 0.239 e. The predicted molar refractivity (Wildman–Crippen MR) is 62.1 cm³/mol. The Morgan fingerprint density at radius 2 is 2.56 bits per heavy atom. The molecule has 1 aliphatic heterocycles. The van der Waals surface area contributed by atoms with Gasteiger partial charge in [0.2, 0.25) is 5.91 Å². The SMILES string of the molecule is N[C@H](Cc1ccsc1)C(=O)N1CC[C@H](F)C1. The van der Waals surface area contributed by atoms with Crippen molar-refractivity contribution in [3.63, 3.8) is 0 Å². The number of halogens is 1. The lowest BCUT2D eigenvalue weighted by molar-refractivity contribution is -0.131. The number of hydrogen-bond acceptors (Lipinski definition) is 3. The summed E-state index contributed by atoms with van der Waals surface area (Å²) < 4.78 is 12.9. The molecule has 2 rings (SSSR count). The summed E-state index contributed by atoms with van der Waals surface area (Å²) in [5.74, 6) is -0.133. The molecule has 0 radical (unpaired) electrons. The topological polar surface area (TPSA) is 46.3 Å². The van der Waals surface area contributed by atoms with Crippen molar-refractivity contribution in [1.29, 1.82) is 0 Å². The van der Waals surface area contributed by atoms with Gasteiger partial charge in [-0.2, -0.15) is 11.3 Å². The molecule has 1 aromatic rings. The fraction of sp³-hybridized carbons (Fsp3) is 0.545. The van der Waals surface area contributed by atoms with Gasteiger partial charge >= 0.3 is 0 Å². The smallest absolute Gasteiger partial charge is 0.239 e. The number of thiophene rings is 1. The summed E-state index contributed by atoms with van der Waals surface area (Å²) in [7, 11) is 0. The minimum absolute atomic E-state index is 0.133. The molecule has 88 valence electrons. The van der Waals surface area contributed by atoms with Gasteiger partial charge in [0.05, 0.1) is 12.6 Å². The molecule has 0 aliphatic carbocycles. The zero-order valence-electron chi connectivity index (χ0n) is 8.93. The molecule has 1 amide bonds. The molecule has 1 fully saturated rings. The van der Waals surface area contributed by atoms with Crippen LogP contribution in [0.2, 0.25) is 0 Å². The van der Waals surface area contributed by atoms with Crippen LogP contribution in [0.5, 0.6) is 0 Å². The molecule has 0 bridgehead atoms. The maximum absolute atomic E-state index is 12.9. The third kappa shape index (κ3) is 2.59. The van der Waals surface area contributed by atoms with E-state index in [2.05, 4.69) is 0 Å². The van der Waals surface area contributed by atoms with Crippen LogP contribution < -0.4 is 5.73 Å². The fourth-order valence-corrected chi connectivity index (χ4v) is 2.58. The number of likely N-dealkylation sites (tertiary alicyclic amines) is 1. The average Bonchev–Trinajstić information content (AvgIpc) is 2.88. The normalized spacial score (nSPS) is 22.4. The van der Waals surface area contributed by atoms with E-state index in [-0.39, 0.29) is 12.5 Å². The number of carbonyl (C=O) groups excluding carboxylic acids is 1. The Bertz CT molecular complexity index is 355. The highest BCUT2D eigenvalue weighted by atomic mass is 32.1. The van der Waals surface area contributed by atoms with Crippen molar-refractivity contribution in [2.45, 2.75) is 25.1 Å². The summed E-state index contributed by atoms with van der Waals surface area (Å²) in [6, 6.07) is 1.42. The van der Waals surface area contributed by atoms with Gasteiger partial charge in [0, 0.05) is 6.54 Å². The summed E-state index contributed by atoms with van der Waals surface area (Å²) >= 11 is 1.59. The summed E-state index contributed by atoms with van der Waals surface area (Å²) in [6.07, 6.45) is 0.101. The molecule has 1 saturated heterocycles. The molecule has 1 aromatic heterocycles. The highest BCUT2D eigenvalue weighted by Crippen LogP contribution is 2.15. The molecule has 2 N–H and O–H groups in total. The Hall–Kier alpha value is -0.940. The van der Waals surface area contributed by atoms with E-state index in [0.29, 0.717) is 19.4 Å². The van der Waals surface area contributed by atoms with Crippen molar-refractivity contribution >= 4 is 17.2 Å². The lowest BCUT2D eigenvalue weighted by atomic mass is 10.1. The summed E-state index contributed by atoms with van der Waals surface area (Å²) in [6.45, 7) is 0.702. The van der Waals surface area contributed by atoms with E-state index in [9.17, 15) is 9.18 Å². The molecule has 5 heteroatoms. The number of nitrogens with two attached hydrogens (primary N) is 1. The second-order valence-corrected chi connectivity index (χ2v) is 4.89. The highest BCUT2D eigenvalue weighted by Gasteiger charge is 2.29. The van der Waals surface area contributed by atoms with Crippen LogP contribution in [0.1, 0.15) is 12.0 Å². The van der Waals surface area contributed by atoms with Gasteiger partial charge in [-0.1, -0.05) is 0 Å². The van der Waals surface area contributed by atoms with Gasteiger partial charge in [0.25, 0.3) is 0 Å². The lowest BCUT2D eigenvalue weighted by Gasteiger charge is -2.19. The first-order chi connectivity index (χ1) is 7.66. The Labute approximate surface area is 98.0 Å². The van der Waals surface area contributed by atoms with Crippen molar-refractivity contribution in [2.24, 2.45) is 5.73 Å². The van der Waals surface area contributed by atoms with Crippen LogP contribution in [0.25, 0.3) is 0 Å². The second kappa shape index (κ2) is 4.93. The molecular weight excluding hydrogens is 227 g/mol. The Morgan fingerprint density at radius 1 is 1.75 bits per heavy atom. The second-order valence-electron chi connectivity index (χ2n) is 4.11. The Kier molecular flexibility index (Phi) is 3.56. The van der Waals surface area contributed by atoms with Gasteiger partial charge in [0.15, 0.2) is 0 Å². The van der Waals surface area contributed by atoms with Crippen LogP contribution in [-0.2, 0) is 11.2 Å². The molecule has 0 saturated carbocycles. The molecule has 0 unspecified atom stereocenters. The minimum atomic E-state index is -0.878. The summed E-state index contributed by atoms with van der Waals surface area (Å²) in [5.41, 5.74) is 6.90.